The molecule has 2 N–H and O–H groups in total. The van der Waals surface area contributed by atoms with Crippen LogP contribution in [0.5, 0.6) is 0 Å². The molecule has 0 aliphatic carbocycles. The van der Waals surface area contributed by atoms with E-state index in [4.69, 9.17) is 10.3 Å². The van der Waals surface area contributed by atoms with Crippen molar-refractivity contribution in [1.29, 1.82) is 0 Å². The average Bonchev–Trinajstić information content (AvgIpc) is 3.03. The lowest BCUT2D eigenvalue weighted by Crippen LogP contribution is -2.24. The Morgan fingerprint density at radius 2 is 2.20 bits per heavy atom. The molecule has 0 aromatic carbocycles. The van der Waals surface area contributed by atoms with E-state index in [-0.39, 0.29) is 5.41 Å². The van der Waals surface area contributed by atoms with Crippen molar-refractivity contribution < 1.29 is 4.52 Å². The topological polar surface area (TPSA) is 64.9 Å². The predicted molar refractivity (Wildman–Crippen MR) is 83.7 cm³/mol. The van der Waals surface area contributed by atoms with Crippen molar-refractivity contribution in [2.75, 3.05) is 12.3 Å². The van der Waals surface area contributed by atoms with Crippen LogP contribution in [0.15, 0.2) is 4.52 Å². The van der Waals surface area contributed by atoms with Crippen LogP contribution in [0.25, 0.3) is 0 Å². The van der Waals surface area contributed by atoms with Gasteiger partial charge in [0.25, 0.3) is 0 Å². The molecule has 1 aliphatic rings. The molecule has 1 aromatic heterocycles. The van der Waals surface area contributed by atoms with Crippen LogP contribution >= 0.6 is 11.8 Å². The Labute approximate surface area is 126 Å². The first-order valence-electron chi connectivity index (χ1n) is 7.65. The molecule has 2 unspecified atom stereocenters. The molecule has 2 atom stereocenters. The van der Waals surface area contributed by atoms with Crippen molar-refractivity contribution in [1.82, 2.24) is 10.1 Å². The first-order valence-corrected chi connectivity index (χ1v) is 8.69. The second kappa shape index (κ2) is 6.94. The van der Waals surface area contributed by atoms with E-state index < -0.39 is 0 Å². The Hall–Kier alpha value is -0.550. The minimum absolute atomic E-state index is 0.281. The largest absolute Gasteiger partial charge is 0.339 e. The van der Waals surface area contributed by atoms with Gasteiger partial charge < -0.3 is 10.3 Å². The second-order valence-electron chi connectivity index (χ2n) is 6.73. The predicted octanol–water partition coefficient (Wildman–Crippen LogP) is 3.58. The molecule has 1 aromatic rings. The van der Waals surface area contributed by atoms with Gasteiger partial charge in [-0.15, -0.1) is 0 Å². The lowest BCUT2D eigenvalue weighted by atomic mass is 9.76. The molecule has 0 radical (unpaired) electrons. The number of rotatable bonds is 6. The second-order valence-corrected chi connectivity index (χ2v) is 8.04. The van der Waals surface area contributed by atoms with Gasteiger partial charge in [-0.05, 0) is 49.3 Å². The molecular weight excluding hydrogens is 270 g/mol. The Kier molecular flexibility index (Phi) is 5.49. The van der Waals surface area contributed by atoms with E-state index in [0.717, 1.165) is 37.5 Å². The highest BCUT2D eigenvalue weighted by molar-refractivity contribution is 7.99. The highest BCUT2D eigenvalue weighted by Gasteiger charge is 2.26. The fourth-order valence-electron chi connectivity index (χ4n) is 2.79. The summed E-state index contributed by atoms with van der Waals surface area (Å²) in [5.41, 5.74) is 6.01. The maximum atomic E-state index is 5.73. The van der Waals surface area contributed by atoms with Gasteiger partial charge in [-0.2, -0.15) is 16.7 Å². The molecule has 4 nitrogen and oxygen atoms in total. The molecule has 1 saturated heterocycles. The Morgan fingerprint density at radius 1 is 1.40 bits per heavy atom. The van der Waals surface area contributed by atoms with E-state index in [1.165, 1.54) is 18.6 Å². The van der Waals surface area contributed by atoms with E-state index in [1.54, 1.807) is 0 Å². The zero-order valence-electron chi connectivity index (χ0n) is 12.9. The van der Waals surface area contributed by atoms with Gasteiger partial charge in [0.05, 0.1) is 5.25 Å². The van der Waals surface area contributed by atoms with Crippen molar-refractivity contribution in [2.45, 2.75) is 58.1 Å². The van der Waals surface area contributed by atoms with E-state index in [0.29, 0.717) is 11.2 Å². The molecule has 0 spiro atoms. The van der Waals surface area contributed by atoms with Crippen LogP contribution in [-0.2, 0) is 6.42 Å². The van der Waals surface area contributed by atoms with Gasteiger partial charge in [0, 0.05) is 6.42 Å². The summed E-state index contributed by atoms with van der Waals surface area (Å²) in [6, 6.07) is 0. The van der Waals surface area contributed by atoms with Crippen LogP contribution in [-0.4, -0.2) is 22.4 Å². The normalized spacial score (nSPS) is 21.3. The lowest BCUT2D eigenvalue weighted by Gasteiger charge is -2.30. The smallest absolute Gasteiger partial charge is 0.226 e. The van der Waals surface area contributed by atoms with Gasteiger partial charge in [0.15, 0.2) is 5.82 Å². The third-order valence-corrected chi connectivity index (χ3v) is 5.52. The van der Waals surface area contributed by atoms with Gasteiger partial charge in [0.1, 0.15) is 0 Å². The molecule has 1 fully saturated rings. The number of aryl methyl sites for hydroxylation is 1. The van der Waals surface area contributed by atoms with Gasteiger partial charge in [-0.1, -0.05) is 25.9 Å². The number of hydrogen-bond donors (Lipinski definition) is 1. The molecule has 2 heterocycles. The Morgan fingerprint density at radius 3 is 2.80 bits per heavy atom. The molecular formula is C15H27N3OS. The van der Waals surface area contributed by atoms with E-state index in [1.807, 2.05) is 11.8 Å². The molecule has 1 aliphatic heterocycles. The van der Waals surface area contributed by atoms with Crippen LogP contribution in [0.4, 0.5) is 0 Å². The van der Waals surface area contributed by atoms with Crippen molar-refractivity contribution >= 4 is 11.8 Å². The molecule has 0 amide bonds. The Balaban J connectivity index is 1.89. The summed E-state index contributed by atoms with van der Waals surface area (Å²) in [4.78, 5) is 4.58. The summed E-state index contributed by atoms with van der Waals surface area (Å²) >= 11 is 1.94. The zero-order chi connectivity index (χ0) is 14.6. The van der Waals surface area contributed by atoms with Crippen LogP contribution in [0, 0.1) is 11.3 Å². The van der Waals surface area contributed by atoms with E-state index >= 15 is 0 Å². The summed E-state index contributed by atoms with van der Waals surface area (Å²) in [6.07, 6.45) is 5.44. The molecule has 0 saturated carbocycles. The summed E-state index contributed by atoms with van der Waals surface area (Å²) in [5, 5.41) is 4.61. The van der Waals surface area contributed by atoms with Crippen molar-refractivity contribution in [3.05, 3.63) is 11.7 Å². The third-order valence-electron chi connectivity index (χ3n) is 4.15. The van der Waals surface area contributed by atoms with Crippen molar-refractivity contribution in [3.63, 3.8) is 0 Å². The van der Waals surface area contributed by atoms with Crippen LogP contribution in [0.2, 0.25) is 0 Å². The number of nitrogens with zero attached hydrogens (tertiary/aromatic N) is 2. The highest BCUT2D eigenvalue weighted by Crippen LogP contribution is 2.38. The number of nitrogens with two attached hydrogens (primary N) is 1. The molecule has 0 bridgehead atoms. The highest BCUT2D eigenvalue weighted by atomic mass is 32.2. The van der Waals surface area contributed by atoms with Crippen molar-refractivity contribution in [3.8, 4) is 0 Å². The van der Waals surface area contributed by atoms with Crippen LogP contribution < -0.4 is 5.73 Å². The quantitative estimate of drug-likeness (QED) is 0.869. The molecule has 20 heavy (non-hydrogen) atoms. The van der Waals surface area contributed by atoms with Crippen LogP contribution in [0.1, 0.15) is 63.4 Å². The first kappa shape index (κ1) is 15.8. The maximum absolute atomic E-state index is 5.73. The zero-order valence-corrected chi connectivity index (χ0v) is 13.7. The average molecular weight is 297 g/mol. The van der Waals surface area contributed by atoms with Crippen LogP contribution in [0.3, 0.4) is 0 Å². The SMILES string of the molecule is CC(C)(C)C(CCN)CCc1nc(C2CCCS2)no1. The van der Waals surface area contributed by atoms with Gasteiger partial charge >= 0.3 is 0 Å². The summed E-state index contributed by atoms with van der Waals surface area (Å²) in [6.45, 7) is 7.58. The minimum atomic E-state index is 0.281. The number of hydrogen-bond acceptors (Lipinski definition) is 5. The lowest BCUT2D eigenvalue weighted by molar-refractivity contribution is 0.208. The summed E-state index contributed by atoms with van der Waals surface area (Å²) in [5.74, 6) is 3.51. The molecule has 5 heteroatoms. The summed E-state index contributed by atoms with van der Waals surface area (Å²) in [7, 11) is 0. The molecule has 2 rings (SSSR count). The minimum Gasteiger partial charge on any atom is -0.339 e. The monoisotopic (exact) mass is 297 g/mol. The van der Waals surface area contributed by atoms with E-state index in [9.17, 15) is 0 Å². The third kappa shape index (κ3) is 4.22. The Bertz CT molecular complexity index is 407. The molecule has 114 valence electrons. The van der Waals surface area contributed by atoms with Gasteiger partial charge in [-0.3, -0.25) is 0 Å². The fourth-order valence-corrected chi connectivity index (χ4v) is 3.99. The van der Waals surface area contributed by atoms with E-state index in [2.05, 4.69) is 30.9 Å². The summed E-state index contributed by atoms with van der Waals surface area (Å²) < 4.78 is 5.41. The maximum Gasteiger partial charge on any atom is 0.226 e. The number of thioether (sulfide) groups is 1. The fraction of sp³-hybridized carbons (Fsp3) is 0.867. The van der Waals surface area contributed by atoms with Crippen molar-refractivity contribution in [2.24, 2.45) is 17.1 Å². The number of aromatic nitrogens is 2. The van der Waals surface area contributed by atoms with Gasteiger partial charge in [0.2, 0.25) is 5.89 Å². The van der Waals surface area contributed by atoms with Gasteiger partial charge in [-0.25, -0.2) is 0 Å². The first-order chi connectivity index (χ1) is 9.50. The standard InChI is InChI=1S/C15H27N3OS/c1-15(2,3)11(8-9-16)6-7-13-17-14(18-19-13)12-5-4-10-20-12/h11-12H,4-10,16H2,1-3H3.